The van der Waals surface area contributed by atoms with Crippen LogP contribution in [0.5, 0.6) is 0 Å². The molecule has 6 heterocycles. The van der Waals surface area contributed by atoms with Gasteiger partial charge in [0.2, 0.25) is 0 Å². The number of benzene rings is 11. The molecule has 0 saturated heterocycles. The first-order valence-electron chi connectivity index (χ1n) is 37.6. The Balaban J connectivity index is 0.000000193. The zero-order valence-corrected chi connectivity index (χ0v) is 76.4. The van der Waals surface area contributed by atoms with E-state index in [9.17, 15) is 9.59 Å². The van der Waals surface area contributed by atoms with Gasteiger partial charge in [0.1, 0.15) is 0 Å². The van der Waals surface area contributed by atoms with Gasteiger partial charge >= 0.3 is 0 Å². The summed E-state index contributed by atoms with van der Waals surface area (Å²) < 4.78 is 0. The number of fused-ring (bicyclic) bond motifs is 7. The first-order valence-corrected chi connectivity index (χ1v) is 37.6. The van der Waals surface area contributed by atoms with Crippen LogP contribution in [0.2, 0.25) is 0 Å². The number of nitrogens with zero attached hydrogens (tertiary/aromatic N) is 6. The molecule has 119 heavy (non-hydrogen) atoms. The van der Waals surface area contributed by atoms with Crippen LogP contribution in [-0.2, 0) is 95.4 Å². The molecular weight excluding hydrogens is 2180 g/mol. The van der Waals surface area contributed by atoms with Crippen LogP contribution in [0.4, 0.5) is 0 Å². The quantitative estimate of drug-likeness (QED) is 0.0811. The Bertz CT molecular complexity index is 5970. The normalized spacial score (nSPS) is 11.0. The van der Waals surface area contributed by atoms with E-state index in [0.717, 1.165) is 73.0 Å². The van der Waals surface area contributed by atoms with Gasteiger partial charge in [-0.05, 0) is 136 Å². The van der Waals surface area contributed by atoms with Crippen molar-refractivity contribution in [3.05, 3.63) is 429 Å². The molecule has 1 aliphatic carbocycles. The largest absolute Gasteiger partial charge is 0.512 e. The minimum atomic E-state index is -0.125. The van der Waals surface area contributed by atoms with Crippen LogP contribution >= 0.6 is 0 Å². The van der Waals surface area contributed by atoms with Crippen molar-refractivity contribution >= 4 is 61.0 Å². The van der Waals surface area contributed by atoms with Gasteiger partial charge in [-0.2, -0.15) is 0 Å². The second kappa shape index (κ2) is 48.1. The van der Waals surface area contributed by atoms with Crippen LogP contribution in [0, 0.1) is 43.3 Å². The number of hydrogen-bond acceptors (Lipinski definition) is 10. The Kier molecular flexibility index (Phi) is 38.1. The van der Waals surface area contributed by atoms with Gasteiger partial charge in [0.25, 0.3) is 0 Å². The Hall–Kier alpha value is -11.9. The molecule has 18 rings (SSSR count). The Morgan fingerprint density at radius 1 is 0.387 bits per heavy atom. The number of carbonyl (C=O) groups is 2. The molecule has 4 radical (unpaired) electrons. The predicted molar refractivity (Wildman–Crippen MR) is 472 cm³/mol. The maximum Gasteiger partial charge on any atom is 0.155 e. The molecule has 0 atom stereocenters. The number of hydrogen-bond donors (Lipinski definition) is 2. The molecule has 0 bridgehead atoms. The van der Waals surface area contributed by atoms with E-state index in [2.05, 4.69) is 222 Å². The van der Waals surface area contributed by atoms with Gasteiger partial charge in [0.05, 0.1) is 17.0 Å². The predicted octanol–water partition coefficient (Wildman–Crippen LogP) is 25.6. The molecule has 1 aliphatic rings. The van der Waals surface area contributed by atoms with Crippen molar-refractivity contribution in [1.29, 1.82) is 0 Å². The monoisotopic (exact) mass is 2270 g/mol. The second-order valence-electron chi connectivity index (χ2n) is 27.2. The molecule has 0 unspecified atom stereocenters. The number of ketones is 2. The fourth-order valence-corrected chi connectivity index (χ4v) is 12.9. The third-order valence-electron chi connectivity index (χ3n) is 18.2. The molecular formula is C105H86Ir4N6O4-6. The van der Waals surface area contributed by atoms with Gasteiger partial charge in [-0.1, -0.05) is 220 Å². The zero-order chi connectivity index (χ0) is 80.7. The number of aromatic nitrogens is 6. The van der Waals surface area contributed by atoms with Crippen LogP contribution < -0.4 is 0 Å². The maximum absolute atomic E-state index is 10.0. The van der Waals surface area contributed by atoms with Crippen molar-refractivity contribution in [2.24, 2.45) is 0 Å². The first kappa shape index (κ1) is 94.3. The summed E-state index contributed by atoms with van der Waals surface area (Å²) in [5, 5.41) is 23.8. The van der Waals surface area contributed by atoms with Crippen molar-refractivity contribution in [2.75, 3.05) is 0 Å². The van der Waals surface area contributed by atoms with Gasteiger partial charge in [-0.15, -0.1) is 185 Å². The third kappa shape index (κ3) is 27.1. The maximum atomic E-state index is 10.0. The van der Waals surface area contributed by atoms with E-state index in [-0.39, 0.29) is 109 Å². The number of pyridine rings is 6. The first-order chi connectivity index (χ1) is 56.0. The number of aryl methyl sites for hydroxylation is 1. The van der Waals surface area contributed by atoms with Crippen molar-refractivity contribution in [2.45, 2.75) is 60.8 Å². The third-order valence-corrected chi connectivity index (χ3v) is 18.2. The molecule has 602 valence electrons. The zero-order valence-electron chi connectivity index (χ0n) is 66.9. The number of para-hydroxylation sites is 2. The molecule has 0 aliphatic heterocycles. The van der Waals surface area contributed by atoms with E-state index in [0.29, 0.717) is 0 Å². The van der Waals surface area contributed by atoms with Gasteiger partial charge in [0, 0.05) is 128 Å². The molecule has 0 saturated carbocycles. The van der Waals surface area contributed by atoms with Crippen LogP contribution in [0.3, 0.4) is 0 Å². The van der Waals surface area contributed by atoms with E-state index >= 15 is 0 Å². The van der Waals surface area contributed by atoms with Crippen molar-refractivity contribution in [3.8, 4) is 78.5 Å². The van der Waals surface area contributed by atoms with E-state index in [1.807, 2.05) is 207 Å². The van der Waals surface area contributed by atoms with Gasteiger partial charge in [-0.3, -0.25) is 20.6 Å². The van der Waals surface area contributed by atoms with Crippen molar-refractivity contribution in [1.82, 2.24) is 29.9 Å². The Morgan fingerprint density at radius 2 is 0.916 bits per heavy atom. The topological polar surface area (TPSA) is 152 Å². The summed E-state index contributed by atoms with van der Waals surface area (Å²) >= 11 is 0. The molecule has 0 amide bonds. The number of allylic oxidation sites excluding steroid dienone is 5. The van der Waals surface area contributed by atoms with E-state index < -0.39 is 0 Å². The molecule has 6 aromatic heterocycles. The van der Waals surface area contributed by atoms with E-state index in [1.54, 1.807) is 12.4 Å². The average molecular weight is 2260 g/mol. The number of aliphatic hydroxyl groups excluding tert-OH is 2. The summed E-state index contributed by atoms with van der Waals surface area (Å²) in [6.07, 6.45) is 14.5. The summed E-state index contributed by atoms with van der Waals surface area (Å²) in [4.78, 5) is 46.9. The van der Waals surface area contributed by atoms with E-state index in [4.69, 9.17) is 15.2 Å². The van der Waals surface area contributed by atoms with Crippen LogP contribution in [0.15, 0.2) is 370 Å². The summed E-state index contributed by atoms with van der Waals surface area (Å²) in [5.74, 6) is -0.125. The molecule has 17 aromatic rings. The smallest absolute Gasteiger partial charge is 0.155 e. The van der Waals surface area contributed by atoms with Crippen LogP contribution in [-0.4, -0.2) is 51.7 Å². The minimum absolute atomic E-state index is 0. The average Bonchev–Trinajstić information content (AvgIpc) is 1.58. The van der Waals surface area contributed by atoms with Crippen LogP contribution in [0.1, 0.15) is 70.9 Å². The molecule has 10 nitrogen and oxygen atoms in total. The van der Waals surface area contributed by atoms with Crippen molar-refractivity contribution in [3.63, 3.8) is 0 Å². The summed E-state index contributed by atoms with van der Waals surface area (Å²) in [5.41, 5.74) is 22.1. The number of rotatable bonds is 9. The number of aliphatic hydroxyl groups is 2. The van der Waals surface area contributed by atoms with Gasteiger partial charge in [0.15, 0.2) is 11.6 Å². The molecule has 0 spiro atoms. The van der Waals surface area contributed by atoms with Gasteiger partial charge in [-0.25, -0.2) is 6.08 Å². The second-order valence-corrected chi connectivity index (χ2v) is 27.2. The Labute approximate surface area is 752 Å². The van der Waals surface area contributed by atoms with Crippen LogP contribution in [0.25, 0.3) is 128 Å². The van der Waals surface area contributed by atoms with E-state index in [1.165, 1.54) is 111 Å². The Morgan fingerprint density at radius 3 is 1.49 bits per heavy atom. The fourth-order valence-electron chi connectivity index (χ4n) is 12.9. The standard InChI is InChI=1S/C24H18N.C22H16N.C15H10N.C12H10N.2C11H8N.2C5H8O2.4Ir/c1-24(2)21-10-6-5-9-19(21)20-12-11-17(13-22(20)24)23-14-16-7-3-4-8-18(16)15-25-23;1-16-9-5-6-12-18(16)22-15-20(17-10-3-2-4-11-17)19-13-7-8-14-21(19)23-22;1-2-7-13(8-3-1)15-14-9-5-4-6-12(14)10-11-16-15;1-2-5-11-9-8-10-6-3-4-7-12(10)13-11;2*1-2-6-10(7-3-1)11-8-4-5-9-12-11;2*1-4(6)3-5(2)7;;;;/h3-10,12-15H,1-2H3;2-11,13-15H,1H3;1-7,9-11H;3-9H,1H3;2*1-6,8-9H;2*3,6H,1-2H3;;;;/q6*-1;;;;;;. The molecule has 11 aromatic carbocycles. The molecule has 0 fully saturated rings. The number of carbonyl (C=O) groups excluding carboxylic acids is 2. The summed E-state index contributed by atoms with van der Waals surface area (Å²) in [6, 6.07) is 125. The summed E-state index contributed by atoms with van der Waals surface area (Å²) in [7, 11) is 0. The molecule has 2 N–H and O–H groups in total. The fraction of sp³-hybridized carbons (Fsp3) is 0.0857. The van der Waals surface area contributed by atoms with Gasteiger partial charge < -0.3 is 35.1 Å². The summed E-state index contributed by atoms with van der Waals surface area (Å²) in [6.45, 7) is 14.3. The van der Waals surface area contributed by atoms with Crippen molar-refractivity contribution < 1.29 is 100 Å². The SMILES string of the molecule is CC(=O)C=C(C)O.CC(=O)C=C(C)O.CC1(C)c2ccccc2-c2c[c-]c(-c3cc4ccccc4cn3)cc21.C[C-]=Cc1ccc2ccccc2n1.Cc1ccc[c-]c1-c1cc(-c2ccccc2)c2ccccc2n1.[Ir].[Ir].[Ir].[Ir].[c-]1ccccc1-c1ccccn1.[c-]1ccccc1-c1ccccn1.[c-]1ccccc1-c1nccc2ccccc12. The minimum Gasteiger partial charge on any atom is -0.512 e. The molecule has 14 heteroatoms.